The summed E-state index contributed by atoms with van der Waals surface area (Å²) in [5.41, 5.74) is 0.490. The average Bonchev–Trinajstić information content (AvgIpc) is 3.08. The Morgan fingerprint density at radius 1 is 1.16 bits per heavy atom. The van der Waals surface area contributed by atoms with Crippen LogP contribution in [0.3, 0.4) is 0 Å². The molecule has 0 saturated carbocycles. The van der Waals surface area contributed by atoms with Crippen molar-refractivity contribution in [1.82, 2.24) is 10.2 Å². The van der Waals surface area contributed by atoms with E-state index in [1.54, 1.807) is 30.3 Å². The number of carbonyl (C=O) groups is 1. The largest absolute Gasteiger partial charge is 0.457 e. The molecule has 3 aromatic rings. The van der Waals surface area contributed by atoms with Gasteiger partial charge in [0.15, 0.2) is 4.34 Å². The number of benzene rings is 2. The first-order valence-corrected chi connectivity index (χ1v) is 9.26. The second-order valence-corrected chi connectivity index (χ2v) is 7.11. The SMILES string of the molecule is C=CCSc1nnc(NC(=O)c2cccc(Oc3ccccc3)c2)s1. The van der Waals surface area contributed by atoms with Crippen LogP contribution in [0, 0.1) is 0 Å². The maximum Gasteiger partial charge on any atom is 0.257 e. The number of nitrogens with zero attached hydrogens (tertiary/aromatic N) is 2. The quantitative estimate of drug-likeness (QED) is 0.366. The monoisotopic (exact) mass is 369 g/mol. The van der Waals surface area contributed by atoms with Gasteiger partial charge in [0.05, 0.1) is 0 Å². The van der Waals surface area contributed by atoms with E-state index in [0.717, 1.165) is 10.1 Å². The van der Waals surface area contributed by atoms with E-state index in [0.29, 0.717) is 22.2 Å². The fourth-order valence-corrected chi connectivity index (χ4v) is 3.45. The van der Waals surface area contributed by atoms with E-state index >= 15 is 0 Å². The fraction of sp³-hybridized carbons (Fsp3) is 0.0556. The maximum atomic E-state index is 12.4. The molecule has 0 aliphatic heterocycles. The molecule has 1 heterocycles. The molecule has 0 spiro atoms. The van der Waals surface area contributed by atoms with Gasteiger partial charge in [-0.15, -0.1) is 16.8 Å². The molecule has 0 aliphatic carbocycles. The highest BCUT2D eigenvalue weighted by atomic mass is 32.2. The number of rotatable bonds is 7. The summed E-state index contributed by atoms with van der Waals surface area (Å²) >= 11 is 2.86. The van der Waals surface area contributed by atoms with Gasteiger partial charge >= 0.3 is 0 Å². The minimum atomic E-state index is -0.255. The van der Waals surface area contributed by atoms with Crippen LogP contribution in [-0.2, 0) is 0 Å². The van der Waals surface area contributed by atoms with Crippen LogP contribution in [0.5, 0.6) is 11.5 Å². The second kappa shape index (κ2) is 8.46. The molecule has 1 N–H and O–H groups in total. The molecule has 7 heteroatoms. The van der Waals surface area contributed by atoms with Gasteiger partial charge in [0.25, 0.3) is 5.91 Å². The zero-order valence-electron chi connectivity index (χ0n) is 13.2. The van der Waals surface area contributed by atoms with Gasteiger partial charge < -0.3 is 4.74 Å². The molecule has 0 radical (unpaired) electrons. The number of para-hydroxylation sites is 1. The topological polar surface area (TPSA) is 64.1 Å². The molecule has 0 aliphatic rings. The van der Waals surface area contributed by atoms with E-state index in [2.05, 4.69) is 22.1 Å². The third-order valence-corrected chi connectivity index (χ3v) is 4.99. The Kier molecular flexibility index (Phi) is 5.81. The van der Waals surface area contributed by atoms with E-state index in [-0.39, 0.29) is 5.91 Å². The molecule has 0 saturated heterocycles. The average molecular weight is 369 g/mol. The van der Waals surface area contributed by atoms with E-state index in [4.69, 9.17) is 4.74 Å². The zero-order chi connectivity index (χ0) is 17.5. The van der Waals surface area contributed by atoms with Crippen LogP contribution < -0.4 is 10.1 Å². The summed E-state index contributed by atoms with van der Waals surface area (Å²) in [5, 5.41) is 11.2. The Morgan fingerprint density at radius 3 is 2.76 bits per heavy atom. The Labute approximate surface area is 153 Å². The summed E-state index contributed by atoms with van der Waals surface area (Å²) in [5.74, 6) is 1.81. The van der Waals surface area contributed by atoms with Crippen molar-refractivity contribution in [1.29, 1.82) is 0 Å². The molecule has 0 unspecified atom stereocenters. The number of amides is 1. The van der Waals surface area contributed by atoms with E-state index in [9.17, 15) is 4.79 Å². The maximum absolute atomic E-state index is 12.4. The van der Waals surface area contributed by atoms with E-state index in [1.807, 2.05) is 30.3 Å². The van der Waals surface area contributed by atoms with Crippen LogP contribution in [-0.4, -0.2) is 21.9 Å². The van der Waals surface area contributed by atoms with Gasteiger partial charge in [-0.05, 0) is 30.3 Å². The van der Waals surface area contributed by atoms with Crippen molar-refractivity contribution in [3.63, 3.8) is 0 Å². The molecule has 1 amide bonds. The van der Waals surface area contributed by atoms with Crippen molar-refractivity contribution >= 4 is 34.1 Å². The summed E-state index contributed by atoms with van der Waals surface area (Å²) in [7, 11) is 0. The number of aromatic nitrogens is 2. The molecule has 126 valence electrons. The molecule has 5 nitrogen and oxygen atoms in total. The first-order valence-electron chi connectivity index (χ1n) is 7.46. The summed E-state index contributed by atoms with van der Waals surface area (Å²) < 4.78 is 6.54. The lowest BCUT2D eigenvalue weighted by atomic mass is 10.2. The highest BCUT2D eigenvalue weighted by Gasteiger charge is 2.11. The van der Waals surface area contributed by atoms with Gasteiger partial charge in [-0.25, -0.2) is 0 Å². The molecule has 3 rings (SSSR count). The van der Waals surface area contributed by atoms with E-state index < -0.39 is 0 Å². The standard InChI is InChI=1S/C18H15N3O2S2/c1-2-11-24-18-21-20-17(25-18)19-16(22)13-7-6-10-15(12-13)23-14-8-4-3-5-9-14/h2-10,12H,1,11H2,(H,19,20,22). The smallest absolute Gasteiger partial charge is 0.257 e. The number of carbonyl (C=O) groups excluding carboxylic acids is 1. The highest BCUT2D eigenvalue weighted by Crippen LogP contribution is 2.26. The molecular formula is C18H15N3O2S2. The molecule has 25 heavy (non-hydrogen) atoms. The van der Waals surface area contributed by atoms with Gasteiger partial charge in [0.1, 0.15) is 11.5 Å². The Bertz CT molecular complexity index is 866. The number of ether oxygens (including phenoxy) is 1. The first kappa shape index (κ1) is 17.2. The van der Waals surface area contributed by atoms with Crippen LogP contribution >= 0.6 is 23.1 Å². The molecule has 0 bridgehead atoms. The normalized spacial score (nSPS) is 10.2. The van der Waals surface area contributed by atoms with Gasteiger partial charge in [-0.2, -0.15) is 0 Å². The van der Waals surface area contributed by atoms with Crippen LogP contribution in [0.4, 0.5) is 5.13 Å². The minimum Gasteiger partial charge on any atom is -0.457 e. The Hall–Kier alpha value is -2.64. The highest BCUT2D eigenvalue weighted by molar-refractivity contribution is 8.01. The van der Waals surface area contributed by atoms with Crippen LogP contribution in [0.15, 0.2) is 71.6 Å². The summed E-state index contributed by atoms with van der Waals surface area (Å²) in [6.07, 6.45) is 1.79. The fourth-order valence-electron chi connectivity index (χ4n) is 1.94. The lowest BCUT2D eigenvalue weighted by molar-refractivity contribution is 0.102. The van der Waals surface area contributed by atoms with Gasteiger partial charge in [-0.1, -0.05) is 53.4 Å². The van der Waals surface area contributed by atoms with Gasteiger partial charge in [0, 0.05) is 11.3 Å². The van der Waals surface area contributed by atoms with Crippen molar-refractivity contribution in [2.24, 2.45) is 0 Å². The Morgan fingerprint density at radius 2 is 1.96 bits per heavy atom. The summed E-state index contributed by atoms with van der Waals surface area (Å²) in [4.78, 5) is 12.4. The molecule has 2 aromatic carbocycles. The molecular weight excluding hydrogens is 354 g/mol. The van der Waals surface area contributed by atoms with Crippen LogP contribution in [0.2, 0.25) is 0 Å². The third-order valence-electron chi connectivity index (χ3n) is 3.03. The number of thioether (sulfide) groups is 1. The summed E-state index contributed by atoms with van der Waals surface area (Å²) in [6.45, 7) is 3.66. The van der Waals surface area contributed by atoms with Crippen molar-refractivity contribution in [2.45, 2.75) is 4.34 Å². The van der Waals surface area contributed by atoms with Gasteiger partial charge in [-0.3, -0.25) is 10.1 Å². The van der Waals surface area contributed by atoms with Crippen molar-refractivity contribution in [3.8, 4) is 11.5 Å². The number of hydrogen-bond acceptors (Lipinski definition) is 6. The molecule has 0 fully saturated rings. The number of nitrogens with one attached hydrogen (secondary N) is 1. The predicted octanol–water partition coefficient (Wildman–Crippen LogP) is 4.86. The Balaban J connectivity index is 1.67. The second-order valence-electron chi connectivity index (χ2n) is 4.87. The van der Waals surface area contributed by atoms with Crippen molar-refractivity contribution < 1.29 is 9.53 Å². The third kappa shape index (κ3) is 4.91. The zero-order valence-corrected chi connectivity index (χ0v) is 14.8. The minimum absolute atomic E-state index is 0.255. The molecule has 0 atom stereocenters. The van der Waals surface area contributed by atoms with E-state index in [1.165, 1.54) is 23.1 Å². The van der Waals surface area contributed by atoms with Crippen molar-refractivity contribution in [3.05, 3.63) is 72.8 Å². The first-order chi connectivity index (χ1) is 12.2. The predicted molar refractivity (Wildman–Crippen MR) is 102 cm³/mol. The van der Waals surface area contributed by atoms with Gasteiger partial charge in [0.2, 0.25) is 5.13 Å². The lowest BCUT2D eigenvalue weighted by Crippen LogP contribution is -2.11. The summed E-state index contributed by atoms with van der Waals surface area (Å²) in [6, 6.07) is 16.4. The van der Waals surface area contributed by atoms with Crippen molar-refractivity contribution in [2.75, 3.05) is 11.1 Å². The number of anilines is 1. The van der Waals surface area contributed by atoms with Crippen LogP contribution in [0.25, 0.3) is 0 Å². The van der Waals surface area contributed by atoms with Crippen LogP contribution in [0.1, 0.15) is 10.4 Å². The lowest BCUT2D eigenvalue weighted by Gasteiger charge is -2.07. The molecule has 1 aromatic heterocycles. The number of hydrogen-bond donors (Lipinski definition) is 1.